The van der Waals surface area contributed by atoms with Crippen LogP contribution < -0.4 is 19.7 Å². The number of benzene rings is 2. The van der Waals surface area contributed by atoms with Gasteiger partial charge in [-0.15, -0.1) is 0 Å². The molecule has 0 radical (unpaired) electrons. The van der Waals surface area contributed by atoms with Crippen LogP contribution in [-0.4, -0.2) is 42.3 Å². The van der Waals surface area contributed by atoms with Crippen molar-refractivity contribution >= 4 is 34.9 Å². The van der Waals surface area contributed by atoms with Crippen LogP contribution in [0.2, 0.25) is 5.02 Å². The largest absolute Gasteiger partial charge is 0.484 e. The van der Waals surface area contributed by atoms with Crippen LogP contribution in [0.3, 0.4) is 0 Å². The van der Waals surface area contributed by atoms with Crippen LogP contribution in [0.5, 0.6) is 11.5 Å². The number of nitrogens with one attached hydrogen (secondary N) is 1. The van der Waals surface area contributed by atoms with Crippen LogP contribution in [0, 0.1) is 5.82 Å². The molecule has 1 aliphatic heterocycles. The number of ketones is 1. The van der Waals surface area contributed by atoms with E-state index in [0.717, 1.165) is 6.07 Å². The summed E-state index contributed by atoms with van der Waals surface area (Å²) in [6.07, 6.45) is 1.62. The highest BCUT2D eigenvalue weighted by atomic mass is 35.5. The van der Waals surface area contributed by atoms with Gasteiger partial charge >= 0.3 is 0 Å². The zero-order valence-electron chi connectivity index (χ0n) is 17.8. The molecule has 0 spiro atoms. The maximum absolute atomic E-state index is 13.2. The molecule has 34 heavy (non-hydrogen) atoms. The molecule has 0 unspecified atom stereocenters. The molecule has 2 heterocycles. The molecule has 3 aromatic rings. The minimum Gasteiger partial charge on any atom is -0.484 e. The lowest BCUT2D eigenvalue weighted by Crippen LogP contribution is -2.45. The van der Waals surface area contributed by atoms with E-state index in [9.17, 15) is 18.8 Å². The number of carbonyl (C=O) groups excluding carboxylic acids is 3. The third-order valence-electron chi connectivity index (χ3n) is 4.97. The summed E-state index contributed by atoms with van der Waals surface area (Å²) in [6, 6.07) is 13.5. The van der Waals surface area contributed by atoms with Crippen molar-refractivity contribution in [2.45, 2.75) is 6.54 Å². The number of fused-ring (bicyclic) bond motifs is 1. The Morgan fingerprint density at radius 2 is 2.03 bits per heavy atom. The van der Waals surface area contributed by atoms with E-state index >= 15 is 0 Å². The third kappa shape index (κ3) is 5.49. The van der Waals surface area contributed by atoms with E-state index in [-0.39, 0.29) is 42.6 Å². The summed E-state index contributed by atoms with van der Waals surface area (Å²) in [4.78, 5) is 43.0. The first-order chi connectivity index (χ1) is 16.4. The van der Waals surface area contributed by atoms with Crippen LogP contribution >= 0.6 is 11.6 Å². The molecule has 4 rings (SSSR count). The first kappa shape index (κ1) is 23.2. The van der Waals surface area contributed by atoms with Crippen LogP contribution in [0.25, 0.3) is 0 Å². The van der Waals surface area contributed by atoms with Gasteiger partial charge < -0.3 is 14.8 Å². The number of aromatic nitrogens is 1. The molecule has 1 N–H and O–H groups in total. The molecular formula is C24H19ClFN3O5. The lowest BCUT2D eigenvalue weighted by molar-refractivity contribution is -0.125. The third-order valence-corrected chi connectivity index (χ3v) is 5.27. The Hall–Kier alpha value is -3.98. The van der Waals surface area contributed by atoms with E-state index in [2.05, 4.69) is 10.3 Å². The Morgan fingerprint density at radius 1 is 1.18 bits per heavy atom. The second-order valence-corrected chi connectivity index (χ2v) is 7.74. The number of nitrogens with zero attached hydrogens (tertiary/aromatic N) is 2. The van der Waals surface area contributed by atoms with E-state index in [0.29, 0.717) is 17.1 Å². The van der Waals surface area contributed by atoms with Crippen LogP contribution in [0.1, 0.15) is 16.1 Å². The summed E-state index contributed by atoms with van der Waals surface area (Å²) in [7, 11) is 0. The number of amides is 2. The number of halogens is 2. The molecule has 1 aliphatic rings. The molecule has 10 heteroatoms. The quantitative estimate of drug-likeness (QED) is 0.494. The molecule has 0 fully saturated rings. The number of Topliss-reactive ketones (excluding diaryl/α,β-unsaturated/α-hetero) is 1. The SMILES string of the molecule is O=C(CN1C(=O)COc2ccc(C(=O)COc3ccc(F)cc3Cl)cc21)NCc1ccccn1. The molecule has 8 nitrogen and oxygen atoms in total. The summed E-state index contributed by atoms with van der Waals surface area (Å²) >= 11 is 5.92. The van der Waals surface area contributed by atoms with Gasteiger partial charge in [-0.1, -0.05) is 17.7 Å². The number of pyridine rings is 1. The molecule has 0 aliphatic carbocycles. The van der Waals surface area contributed by atoms with Crippen molar-refractivity contribution in [2.24, 2.45) is 0 Å². The highest BCUT2D eigenvalue weighted by molar-refractivity contribution is 6.32. The average Bonchev–Trinajstić information content (AvgIpc) is 2.84. The van der Waals surface area contributed by atoms with Gasteiger partial charge in [0.15, 0.2) is 19.0 Å². The molecule has 174 valence electrons. The van der Waals surface area contributed by atoms with E-state index in [1.54, 1.807) is 24.4 Å². The molecule has 0 atom stereocenters. The van der Waals surface area contributed by atoms with Gasteiger partial charge in [-0.2, -0.15) is 0 Å². The number of hydrogen-bond donors (Lipinski definition) is 1. The van der Waals surface area contributed by atoms with Crippen molar-refractivity contribution in [3.8, 4) is 11.5 Å². The summed E-state index contributed by atoms with van der Waals surface area (Å²) in [5, 5.41) is 2.76. The highest BCUT2D eigenvalue weighted by Gasteiger charge is 2.28. The van der Waals surface area contributed by atoms with E-state index in [4.69, 9.17) is 21.1 Å². The smallest absolute Gasteiger partial charge is 0.265 e. The second-order valence-electron chi connectivity index (χ2n) is 7.34. The number of carbonyl (C=O) groups is 3. The Balaban J connectivity index is 1.44. The Kier molecular flexibility index (Phi) is 7.03. The Bertz CT molecular complexity index is 1240. The maximum atomic E-state index is 13.2. The zero-order valence-corrected chi connectivity index (χ0v) is 18.5. The minimum absolute atomic E-state index is 0.0418. The van der Waals surface area contributed by atoms with Gasteiger partial charge in [0.1, 0.15) is 23.9 Å². The zero-order chi connectivity index (χ0) is 24.1. The number of ether oxygens (including phenoxy) is 2. The first-order valence-corrected chi connectivity index (χ1v) is 10.6. The molecular weight excluding hydrogens is 465 g/mol. The molecule has 1 aromatic heterocycles. The van der Waals surface area contributed by atoms with Gasteiger partial charge in [-0.25, -0.2) is 4.39 Å². The standard InChI is InChI=1S/C24H19ClFN3O5/c25-18-10-16(26)5-7-21(18)33-13-20(30)15-4-6-22-19(9-15)29(24(32)14-34-22)12-23(31)28-11-17-3-1-2-8-27-17/h1-10H,11-14H2,(H,28,31). The van der Waals surface area contributed by atoms with Crippen LogP contribution in [0.15, 0.2) is 60.8 Å². The van der Waals surface area contributed by atoms with E-state index < -0.39 is 23.4 Å². The van der Waals surface area contributed by atoms with Gasteiger partial charge in [0, 0.05) is 11.8 Å². The first-order valence-electron chi connectivity index (χ1n) is 10.3. The Morgan fingerprint density at radius 3 is 2.79 bits per heavy atom. The van der Waals surface area contributed by atoms with Crippen molar-refractivity contribution in [2.75, 3.05) is 24.7 Å². The topological polar surface area (TPSA) is 97.8 Å². The summed E-state index contributed by atoms with van der Waals surface area (Å²) in [5.74, 6) is -1.19. The van der Waals surface area contributed by atoms with Crippen molar-refractivity contribution in [3.05, 3.63) is 82.9 Å². The summed E-state index contributed by atoms with van der Waals surface area (Å²) < 4.78 is 24.0. The fraction of sp³-hybridized carbons (Fsp3) is 0.167. The number of rotatable bonds is 8. The van der Waals surface area contributed by atoms with Gasteiger partial charge in [0.25, 0.3) is 5.91 Å². The fourth-order valence-corrected chi connectivity index (χ4v) is 3.48. The van der Waals surface area contributed by atoms with Crippen molar-refractivity contribution in [1.82, 2.24) is 10.3 Å². The van der Waals surface area contributed by atoms with Gasteiger partial charge in [-0.3, -0.25) is 24.3 Å². The number of anilines is 1. The molecule has 2 amide bonds. The lowest BCUT2D eigenvalue weighted by atomic mass is 10.1. The summed E-state index contributed by atoms with van der Waals surface area (Å²) in [6.45, 7) is -0.613. The van der Waals surface area contributed by atoms with Gasteiger partial charge in [0.05, 0.1) is 22.9 Å². The van der Waals surface area contributed by atoms with E-state index in [1.165, 1.54) is 29.2 Å². The lowest BCUT2D eigenvalue weighted by Gasteiger charge is -2.29. The van der Waals surface area contributed by atoms with Crippen LogP contribution in [0.4, 0.5) is 10.1 Å². The monoisotopic (exact) mass is 483 g/mol. The normalized spacial score (nSPS) is 12.5. The van der Waals surface area contributed by atoms with E-state index in [1.807, 2.05) is 6.07 Å². The fourth-order valence-electron chi connectivity index (χ4n) is 3.26. The van der Waals surface area contributed by atoms with Gasteiger partial charge in [-0.05, 0) is 48.5 Å². The van der Waals surface area contributed by atoms with Crippen molar-refractivity contribution < 1.29 is 28.2 Å². The molecule has 0 bridgehead atoms. The number of hydrogen-bond acceptors (Lipinski definition) is 6. The second kappa shape index (κ2) is 10.3. The summed E-state index contributed by atoms with van der Waals surface area (Å²) in [5.41, 5.74) is 1.22. The molecule has 0 saturated heterocycles. The Labute approximate surface area is 199 Å². The van der Waals surface area contributed by atoms with Crippen molar-refractivity contribution in [3.63, 3.8) is 0 Å². The average molecular weight is 484 g/mol. The highest BCUT2D eigenvalue weighted by Crippen LogP contribution is 2.33. The maximum Gasteiger partial charge on any atom is 0.265 e. The molecule has 0 saturated carbocycles. The van der Waals surface area contributed by atoms with Gasteiger partial charge in [0.2, 0.25) is 5.91 Å². The minimum atomic E-state index is -0.521. The van der Waals surface area contributed by atoms with Crippen molar-refractivity contribution in [1.29, 1.82) is 0 Å². The predicted octanol–water partition coefficient (Wildman–Crippen LogP) is 3.18. The van der Waals surface area contributed by atoms with Crippen LogP contribution in [-0.2, 0) is 16.1 Å². The predicted molar refractivity (Wildman–Crippen MR) is 122 cm³/mol. The molecule has 2 aromatic carbocycles.